The number of quaternary nitrogens is 1. The highest BCUT2D eigenvalue weighted by Gasteiger charge is 2.23. The van der Waals surface area contributed by atoms with Crippen molar-refractivity contribution in [1.82, 2.24) is 9.88 Å². The van der Waals surface area contributed by atoms with E-state index < -0.39 is 0 Å². The van der Waals surface area contributed by atoms with E-state index in [9.17, 15) is 4.79 Å². The molecule has 1 saturated heterocycles. The Morgan fingerprint density at radius 3 is 2.78 bits per heavy atom. The molecule has 1 amide bonds. The molecular formula is C15H23Cl2N3O3. The topological polar surface area (TPSA) is 56.1 Å². The van der Waals surface area contributed by atoms with Crippen molar-refractivity contribution in [3.8, 4) is 5.88 Å². The Balaban J connectivity index is 0.00000264. The van der Waals surface area contributed by atoms with Crippen LogP contribution in [-0.2, 0) is 4.74 Å². The Labute approximate surface area is 148 Å². The third-order valence-electron chi connectivity index (χ3n) is 3.61. The monoisotopic (exact) mass is 363 g/mol. The van der Waals surface area contributed by atoms with Crippen LogP contribution >= 0.6 is 11.6 Å². The second kappa shape index (κ2) is 10.5. The van der Waals surface area contributed by atoms with Gasteiger partial charge in [-0.1, -0.05) is 17.7 Å². The van der Waals surface area contributed by atoms with Gasteiger partial charge in [0.25, 0.3) is 0 Å². The van der Waals surface area contributed by atoms with Crippen LogP contribution in [0.5, 0.6) is 5.88 Å². The summed E-state index contributed by atoms with van der Waals surface area (Å²) in [7, 11) is 0. The fraction of sp³-hybridized carbons (Fsp3) is 0.600. The van der Waals surface area contributed by atoms with Crippen LogP contribution in [0, 0.1) is 0 Å². The number of carbonyl (C=O) groups is 1. The number of halogens is 2. The number of nitrogens with one attached hydrogen (secondary N) is 1. The zero-order chi connectivity index (χ0) is 15.8. The van der Waals surface area contributed by atoms with Crippen molar-refractivity contribution in [2.24, 2.45) is 0 Å². The van der Waals surface area contributed by atoms with Gasteiger partial charge >= 0.3 is 6.09 Å². The summed E-state index contributed by atoms with van der Waals surface area (Å²) in [6.45, 7) is 7.32. The number of hydrogen-bond acceptors (Lipinski definition) is 4. The second-order valence-corrected chi connectivity index (χ2v) is 5.57. The molecule has 1 aromatic heterocycles. The third kappa shape index (κ3) is 6.81. The summed E-state index contributed by atoms with van der Waals surface area (Å²) in [5, 5.41) is 0.443. The molecule has 23 heavy (non-hydrogen) atoms. The summed E-state index contributed by atoms with van der Waals surface area (Å²) < 4.78 is 10.6. The highest BCUT2D eigenvalue weighted by atomic mass is 35.5. The Bertz CT molecular complexity index is 483. The van der Waals surface area contributed by atoms with Gasteiger partial charge in [-0.25, -0.2) is 9.78 Å². The maximum Gasteiger partial charge on any atom is 0.410 e. The number of hydrogen-bond donors (Lipinski definition) is 1. The van der Waals surface area contributed by atoms with Crippen LogP contribution in [0.15, 0.2) is 18.2 Å². The van der Waals surface area contributed by atoms with Gasteiger partial charge in [0, 0.05) is 12.5 Å². The van der Waals surface area contributed by atoms with Crippen LogP contribution in [0.3, 0.4) is 0 Å². The van der Waals surface area contributed by atoms with E-state index in [1.807, 2.05) is 13.0 Å². The molecule has 0 bridgehead atoms. The van der Waals surface area contributed by atoms with Crippen LogP contribution < -0.4 is 22.0 Å². The summed E-state index contributed by atoms with van der Waals surface area (Å²) in [6, 6.07) is 5.35. The maximum absolute atomic E-state index is 11.6. The minimum Gasteiger partial charge on any atom is -1.00 e. The van der Waals surface area contributed by atoms with Crippen molar-refractivity contribution in [3.05, 3.63) is 23.4 Å². The minimum atomic E-state index is -0.197. The first kappa shape index (κ1) is 19.8. The third-order valence-corrected chi connectivity index (χ3v) is 3.82. The molecule has 8 heteroatoms. The predicted octanol–water partition coefficient (Wildman–Crippen LogP) is -2.14. The molecule has 1 aromatic rings. The summed E-state index contributed by atoms with van der Waals surface area (Å²) in [5.41, 5.74) is 0. The lowest BCUT2D eigenvalue weighted by atomic mass is 10.3. The predicted molar refractivity (Wildman–Crippen MR) is 83.5 cm³/mol. The molecule has 1 fully saturated rings. The van der Waals surface area contributed by atoms with Gasteiger partial charge < -0.3 is 26.8 Å². The molecule has 1 N–H and O–H groups in total. The molecular weight excluding hydrogens is 341 g/mol. The number of piperazine rings is 1. The first-order valence-electron chi connectivity index (χ1n) is 7.69. The van der Waals surface area contributed by atoms with Gasteiger partial charge in [-0.2, -0.15) is 0 Å². The SMILES string of the molecule is CCOC(=O)N1CC[NH+](CCCOc2cccc(Cl)n2)CC1.[Cl-]. The number of ether oxygens (including phenoxy) is 2. The summed E-state index contributed by atoms with van der Waals surface area (Å²) in [6.07, 6.45) is 0.750. The fourth-order valence-electron chi connectivity index (χ4n) is 2.44. The standard InChI is InChI=1S/C15H22ClN3O3.ClH/c1-2-21-15(20)19-10-8-18(9-11-19)7-4-12-22-14-6-3-5-13(16)17-14;/h3,5-6H,2,4,7-12H2,1H3;1H. The summed E-state index contributed by atoms with van der Waals surface area (Å²) >= 11 is 5.80. The van der Waals surface area contributed by atoms with Gasteiger partial charge in [0.2, 0.25) is 5.88 Å². The molecule has 2 rings (SSSR count). The van der Waals surface area contributed by atoms with Gasteiger partial charge in [-0.15, -0.1) is 0 Å². The molecule has 0 aromatic carbocycles. The number of rotatable bonds is 6. The highest BCUT2D eigenvalue weighted by Crippen LogP contribution is 2.11. The molecule has 0 aliphatic carbocycles. The Morgan fingerprint density at radius 1 is 1.39 bits per heavy atom. The first-order chi connectivity index (χ1) is 10.7. The van der Waals surface area contributed by atoms with E-state index in [1.54, 1.807) is 17.0 Å². The fourth-order valence-corrected chi connectivity index (χ4v) is 2.60. The van der Waals surface area contributed by atoms with Crippen molar-refractivity contribution in [2.45, 2.75) is 13.3 Å². The van der Waals surface area contributed by atoms with Gasteiger partial charge in [-0.05, 0) is 13.0 Å². The van der Waals surface area contributed by atoms with Crippen molar-refractivity contribution < 1.29 is 31.6 Å². The van der Waals surface area contributed by atoms with Crippen LogP contribution in [0.1, 0.15) is 13.3 Å². The molecule has 0 saturated carbocycles. The first-order valence-corrected chi connectivity index (χ1v) is 8.07. The molecule has 0 atom stereocenters. The van der Waals surface area contributed by atoms with Crippen molar-refractivity contribution >= 4 is 17.7 Å². The number of pyridine rings is 1. The van der Waals surface area contributed by atoms with E-state index in [-0.39, 0.29) is 18.5 Å². The second-order valence-electron chi connectivity index (χ2n) is 5.19. The molecule has 1 aliphatic rings. The van der Waals surface area contributed by atoms with Gasteiger partial charge in [-0.3, -0.25) is 4.90 Å². The smallest absolute Gasteiger partial charge is 0.410 e. The Kier molecular flexibility index (Phi) is 9.06. The number of carbonyl (C=O) groups excluding carboxylic acids is 1. The lowest BCUT2D eigenvalue weighted by Crippen LogP contribution is -3.14. The average Bonchev–Trinajstić information content (AvgIpc) is 2.52. The normalized spacial score (nSPS) is 15.0. The maximum atomic E-state index is 11.6. The average molecular weight is 364 g/mol. The van der Waals surface area contributed by atoms with Gasteiger partial charge in [0.1, 0.15) is 5.15 Å². The molecule has 0 unspecified atom stereocenters. The van der Waals surface area contributed by atoms with Crippen molar-refractivity contribution in [3.63, 3.8) is 0 Å². The summed E-state index contributed by atoms with van der Waals surface area (Å²) in [5.74, 6) is 0.564. The van der Waals surface area contributed by atoms with E-state index in [1.165, 1.54) is 4.90 Å². The van der Waals surface area contributed by atoms with E-state index in [4.69, 9.17) is 21.1 Å². The van der Waals surface area contributed by atoms with Gasteiger partial charge in [0.15, 0.2) is 0 Å². The minimum absolute atomic E-state index is 0. The lowest BCUT2D eigenvalue weighted by molar-refractivity contribution is -0.904. The zero-order valence-corrected chi connectivity index (χ0v) is 14.8. The highest BCUT2D eigenvalue weighted by molar-refractivity contribution is 6.29. The van der Waals surface area contributed by atoms with Crippen molar-refractivity contribution in [1.29, 1.82) is 0 Å². The Hall–Kier alpha value is -1.24. The van der Waals surface area contributed by atoms with E-state index in [0.29, 0.717) is 24.2 Å². The molecule has 0 radical (unpaired) electrons. The zero-order valence-electron chi connectivity index (χ0n) is 13.3. The van der Waals surface area contributed by atoms with E-state index in [2.05, 4.69) is 4.98 Å². The van der Waals surface area contributed by atoms with Crippen molar-refractivity contribution in [2.75, 3.05) is 45.9 Å². The molecule has 2 heterocycles. The molecule has 1 aliphatic heterocycles. The number of amides is 1. The van der Waals surface area contributed by atoms with Crippen LogP contribution in [0.4, 0.5) is 4.79 Å². The quantitative estimate of drug-likeness (QED) is 0.463. The largest absolute Gasteiger partial charge is 1.00 e. The summed E-state index contributed by atoms with van der Waals surface area (Å²) in [4.78, 5) is 19.0. The molecule has 6 nitrogen and oxygen atoms in total. The van der Waals surface area contributed by atoms with E-state index in [0.717, 1.165) is 39.1 Å². The number of nitrogens with zero attached hydrogens (tertiary/aromatic N) is 2. The van der Waals surface area contributed by atoms with Crippen LogP contribution in [0.25, 0.3) is 0 Å². The Morgan fingerprint density at radius 2 is 2.13 bits per heavy atom. The van der Waals surface area contributed by atoms with Crippen LogP contribution in [0.2, 0.25) is 5.15 Å². The molecule has 130 valence electrons. The lowest BCUT2D eigenvalue weighted by Gasteiger charge is -2.31. The number of aromatic nitrogens is 1. The van der Waals surface area contributed by atoms with E-state index >= 15 is 0 Å². The molecule has 0 spiro atoms. The van der Waals surface area contributed by atoms with Crippen LogP contribution in [-0.4, -0.2) is 61.9 Å². The van der Waals surface area contributed by atoms with Gasteiger partial charge in [0.05, 0.1) is 45.9 Å².